The second kappa shape index (κ2) is 13.7. The second-order valence-corrected chi connectivity index (χ2v) is 7.09. The fraction of sp³-hybridized carbons (Fsp3) is 0.435. The third kappa shape index (κ3) is 8.76. The van der Waals surface area contributed by atoms with Crippen LogP contribution in [0.15, 0.2) is 35.1 Å². The SMILES string of the molecule is CCOC(=O)CCCCCc1c(-c2ccccc2)nc(NC(=O)NCC(=O)OCC)[nH]c1=O. The molecule has 2 rings (SSSR count). The number of aromatic nitrogens is 2. The first-order valence-electron chi connectivity index (χ1n) is 11.0. The van der Waals surface area contributed by atoms with Gasteiger partial charge in [0.2, 0.25) is 5.95 Å². The number of hydrogen-bond acceptors (Lipinski definition) is 7. The van der Waals surface area contributed by atoms with Gasteiger partial charge in [0.15, 0.2) is 0 Å². The van der Waals surface area contributed by atoms with Crippen molar-refractivity contribution in [3.63, 3.8) is 0 Å². The van der Waals surface area contributed by atoms with E-state index in [9.17, 15) is 19.2 Å². The monoisotopic (exact) mass is 458 g/mol. The lowest BCUT2D eigenvalue weighted by Crippen LogP contribution is -2.35. The molecule has 0 fully saturated rings. The first kappa shape index (κ1) is 25.6. The molecule has 0 saturated heterocycles. The molecule has 33 heavy (non-hydrogen) atoms. The molecule has 2 amide bonds. The highest BCUT2D eigenvalue weighted by atomic mass is 16.5. The fourth-order valence-corrected chi connectivity index (χ4v) is 3.12. The van der Waals surface area contributed by atoms with Crippen molar-refractivity contribution in [3.8, 4) is 11.3 Å². The number of amides is 2. The predicted molar refractivity (Wildman–Crippen MR) is 123 cm³/mol. The molecular formula is C23H30N4O6. The number of urea groups is 1. The number of carbonyl (C=O) groups excluding carboxylic acids is 3. The molecule has 178 valence electrons. The van der Waals surface area contributed by atoms with Crippen LogP contribution in [-0.4, -0.2) is 47.7 Å². The van der Waals surface area contributed by atoms with Crippen LogP contribution in [0.2, 0.25) is 0 Å². The van der Waals surface area contributed by atoms with Gasteiger partial charge in [-0.3, -0.25) is 24.7 Å². The Hall–Kier alpha value is -3.69. The van der Waals surface area contributed by atoms with Crippen molar-refractivity contribution in [2.24, 2.45) is 0 Å². The van der Waals surface area contributed by atoms with Crippen molar-refractivity contribution >= 4 is 23.9 Å². The summed E-state index contributed by atoms with van der Waals surface area (Å²) in [5.74, 6) is -0.831. The average molecular weight is 459 g/mol. The van der Waals surface area contributed by atoms with Gasteiger partial charge in [0.25, 0.3) is 5.56 Å². The smallest absolute Gasteiger partial charge is 0.325 e. The topological polar surface area (TPSA) is 139 Å². The number of hydrogen-bond donors (Lipinski definition) is 3. The molecule has 0 aliphatic heterocycles. The molecule has 0 aliphatic rings. The predicted octanol–water partition coefficient (Wildman–Crippen LogP) is 2.79. The van der Waals surface area contributed by atoms with Gasteiger partial charge >= 0.3 is 18.0 Å². The van der Waals surface area contributed by atoms with Crippen molar-refractivity contribution in [1.82, 2.24) is 15.3 Å². The number of nitrogens with zero attached hydrogens (tertiary/aromatic N) is 1. The third-order valence-electron chi connectivity index (χ3n) is 4.61. The zero-order chi connectivity index (χ0) is 24.1. The van der Waals surface area contributed by atoms with E-state index in [0.29, 0.717) is 43.5 Å². The van der Waals surface area contributed by atoms with Crippen LogP contribution < -0.4 is 16.2 Å². The van der Waals surface area contributed by atoms with Crippen molar-refractivity contribution in [2.75, 3.05) is 25.1 Å². The Morgan fingerprint density at radius 3 is 2.36 bits per heavy atom. The molecule has 0 atom stereocenters. The summed E-state index contributed by atoms with van der Waals surface area (Å²) in [6.07, 6.45) is 2.92. The summed E-state index contributed by atoms with van der Waals surface area (Å²) >= 11 is 0. The van der Waals surface area contributed by atoms with E-state index in [4.69, 9.17) is 9.47 Å². The van der Waals surface area contributed by atoms with E-state index < -0.39 is 12.0 Å². The largest absolute Gasteiger partial charge is 0.466 e. The fourth-order valence-electron chi connectivity index (χ4n) is 3.12. The molecule has 1 heterocycles. The Kier molecular flexibility index (Phi) is 10.6. The van der Waals surface area contributed by atoms with E-state index in [2.05, 4.69) is 20.6 Å². The number of H-pyrrole nitrogens is 1. The van der Waals surface area contributed by atoms with Crippen LogP contribution in [-0.2, 0) is 25.5 Å². The van der Waals surface area contributed by atoms with Gasteiger partial charge in [-0.1, -0.05) is 36.8 Å². The number of rotatable bonds is 12. The summed E-state index contributed by atoms with van der Waals surface area (Å²) in [4.78, 5) is 54.8. The number of esters is 2. The highest BCUT2D eigenvalue weighted by Crippen LogP contribution is 2.21. The first-order chi connectivity index (χ1) is 15.9. The Bertz CT molecular complexity index is 990. The van der Waals surface area contributed by atoms with Gasteiger partial charge < -0.3 is 14.8 Å². The molecule has 0 bridgehead atoms. The van der Waals surface area contributed by atoms with E-state index in [0.717, 1.165) is 12.0 Å². The minimum atomic E-state index is -0.697. The molecule has 1 aromatic carbocycles. The van der Waals surface area contributed by atoms with Crippen LogP contribution in [0.4, 0.5) is 10.7 Å². The van der Waals surface area contributed by atoms with Gasteiger partial charge in [-0.25, -0.2) is 9.78 Å². The molecule has 0 unspecified atom stereocenters. The second-order valence-electron chi connectivity index (χ2n) is 7.09. The minimum Gasteiger partial charge on any atom is -0.466 e. The van der Waals surface area contributed by atoms with Crippen LogP contribution in [0.3, 0.4) is 0 Å². The zero-order valence-electron chi connectivity index (χ0n) is 18.9. The number of carbonyl (C=O) groups is 3. The zero-order valence-corrected chi connectivity index (χ0v) is 18.9. The summed E-state index contributed by atoms with van der Waals surface area (Å²) < 4.78 is 9.67. The molecule has 0 spiro atoms. The first-order valence-corrected chi connectivity index (χ1v) is 11.0. The summed E-state index contributed by atoms with van der Waals surface area (Å²) in [5.41, 5.74) is 1.33. The van der Waals surface area contributed by atoms with Crippen LogP contribution in [0.25, 0.3) is 11.3 Å². The number of anilines is 1. The molecular weight excluding hydrogens is 428 g/mol. The van der Waals surface area contributed by atoms with E-state index in [-0.39, 0.29) is 30.6 Å². The van der Waals surface area contributed by atoms with Gasteiger partial charge in [0, 0.05) is 17.5 Å². The van der Waals surface area contributed by atoms with Gasteiger partial charge in [0.05, 0.1) is 18.9 Å². The van der Waals surface area contributed by atoms with E-state index >= 15 is 0 Å². The number of nitrogens with one attached hydrogen (secondary N) is 3. The van der Waals surface area contributed by atoms with Crippen LogP contribution in [0.1, 0.15) is 45.1 Å². The van der Waals surface area contributed by atoms with Gasteiger partial charge in [-0.2, -0.15) is 0 Å². The van der Waals surface area contributed by atoms with E-state index in [1.54, 1.807) is 13.8 Å². The normalized spacial score (nSPS) is 10.4. The standard InChI is InChI=1S/C23H30N4O6/c1-3-32-18(28)14-10-6-9-13-17-20(16-11-7-5-8-12-16)25-22(26-21(17)30)27-23(31)24-15-19(29)33-4-2/h5,7-8,11-12H,3-4,6,9-10,13-15H2,1-2H3,(H3,24,25,26,27,30,31). The lowest BCUT2D eigenvalue weighted by Gasteiger charge is -2.12. The van der Waals surface area contributed by atoms with Crippen molar-refractivity contribution in [3.05, 3.63) is 46.2 Å². The Labute approximate surface area is 192 Å². The van der Waals surface area contributed by atoms with Crippen LogP contribution in [0.5, 0.6) is 0 Å². The van der Waals surface area contributed by atoms with E-state index in [1.807, 2.05) is 30.3 Å². The summed E-state index contributed by atoms with van der Waals surface area (Å²) in [6, 6.07) is 8.49. The maximum Gasteiger partial charge on any atom is 0.325 e. The van der Waals surface area contributed by atoms with Crippen LogP contribution >= 0.6 is 0 Å². The molecule has 1 aromatic heterocycles. The number of benzene rings is 1. The summed E-state index contributed by atoms with van der Waals surface area (Å²) in [5, 5.41) is 4.79. The number of ether oxygens (including phenoxy) is 2. The van der Waals surface area contributed by atoms with Gasteiger partial charge in [-0.15, -0.1) is 0 Å². The molecule has 0 aliphatic carbocycles. The molecule has 0 radical (unpaired) electrons. The van der Waals surface area contributed by atoms with Crippen molar-refractivity contribution in [2.45, 2.75) is 46.0 Å². The number of unbranched alkanes of at least 4 members (excludes halogenated alkanes) is 2. The molecule has 3 N–H and O–H groups in total. The summed E-state index contributed by atoms with van der Waals surface area (Å²) in [6.45, 7) is 3.70. The van der Waals surface area contributed by atoms with Gasteiger partial charge in [-0.05, 0) is 33.1 Å². The van der Waals surface area contributed by atoms with Crippen LogP contribution in [0, 0.1) is 0 Å². The Balaban J connectivity index is 2.10. The highest BCUT2D eigenvalue weighted by molar-refractivity contribution is 5.90. The number of aromatic amines is 1. The molecule has 10 nitrogen and oxygen atoms in total. The van der Waals surface area contributed by atoms with Crippen molar-refractivity contribution < 1.29 is 23.9 Å². The lowest BCUT2D eigenvalue weighted by atomic mass is 10.0. The summed E-state index contributed by atoms with van der Waals surface area (Å²) in [7, 11) is 0. The highest BCUT2D eigenvalue weighted by Gasteiger charge is 2.15. The molecule has 10 heteroatoms. The van der Waals surface area contributed by atoms with E-state index in [1.165, 1.54) is 0 Å². The minimum absolute atomic E-state index is 0.0359. The Morgan fingerprint density at radius 1 is 0.970 bits per heavy atom. The average Bonchev–Trinajstić information content (AvgIpc) is 2.79. The maximum atomic E-state index is 12.8. The molecule has 0 saturated carbocycles. The quantitative estimate of drug-likeness (QED) is 0.328. The van der Waals surface area contributed by atoms with Gasteiger partial charge in [0.1, 0.15) is 6.54 Å². The lowest BCUT2D eigenvalue weighted by molar-refractivity contribution is -0.143. The van der Waals surface area contributed by atoms with Crippen molar-refractivity contribution in [1.29, 1.82) is 0 Å². The molecule has 2 aromatic rings. The Morgan fingerprint density at radius 2 is 1.67 bits per heavy atom. The maximum absolute atomic E-state index is 12.8. The third-order valence-corrected chi connectivity index (χ3v) is 4.61.